The van der Waals surface area contributed by atoms with Crippen LogP contribution in [0.2, 0.25) is 0 Å². The van der Waals surface area contributed by atoms with Gasteiger partial charge in [0, 0.05) is 7.11 Å². The summed E-state index contributed by atoms with van der Waals surface area (Å²) < 4.78 is 5.88. The molecule has 58 valence electrons. The molecule has 0 aliphatic rings. The summed E-state index contributed by atoms with van der Waals surface area (Å²) in [6.07, 6.45) is 0. The van der Waals surface area contributed by atoms with Crippen LogP contribution in [-0.2, 0) is 4.74 Å². The number of nitrogens with zero attached hydrogens (tertiary/aromatic N) is 1. The zero-order valence-electron chi connectivity index (χ0n) is 6.65. The van der Waals surface area contributed by atoms with Gasteiger partial charge in [-0.25, -0.2) is 0 Å². The van der Waals surface area contributed by atoms with Gasteiger partial charge in [-0.1, -0.05) is 0 Å². The van der Waals surface area contributed by atoms with Crippen LogP contribution in [0.3, 0.4) is 0 Å². The van der Waals surface area contributed by atoms with Gasteiger partial charge in [0.05, 0.1) is 27.7 Å². The minimum atomic E-state index is 0. The fraction of sp³-hybridized carbons (Fsp3) is 1.00. The van der Waals surface area contributed by atoms with Crippen molar-refractivity contribution in [1.82, 2.24) is 0 Å². The maximum absolute atomic E-state index is 4.90. The van der Waals surface area contributed by atoms with Crippen LogP contribution < -0.4 is 4.70 Å². The lowest BCUT2D eigenvalue weighted by Crippen LogP contribution is -3.00. The van der Waals surface area contributed by atoms with E-state index in [0.717, 1.165) is 17.6 Å². The number of hydrogen-bond donors (Lipinski definition) is 0. The van der Waals surface area contributed by atoms with E-state index >= 15 is 0 Å². The smallest absolute Gasteiger partial charge is 0.102 e. The molecule has 0 aromatic carbocycles. The molecular weight excluding hydrogens is 121 g/mol. The molecule has 0 unspecified atom stereocenters. The Bertz CT molecular complexity index is 60.6. The summed E-state index contributed by atoms with van der Waals surface area (Å²) in [5.74, 6) is 0. The predicted octanol–water partition coefficient (Wildman–Crippen LogP) is -2.66. The van der Waals surface area contributed by atoms with E-state index in [1.807, 2.05) is 0 Å². The molecule has 9 heavy (non-hydrogen) atoms. The first kappa shape index (κ1) is 11.6. The molecule has 0 radical (unpaired) electrons. The molecule has 0 atom stereocenters. The second-order valence-corrected chi connectivity index (χ2v) is 3.01. The van der Waals surface area contributed by atoms with Gasteiger partial charge in [0.1, 0.15) is 6.54 Å². The van der Waals surface area contributed by atoms with Gasteiger partial charge >= 0.3 is 0 Å². The Morgan fingerprint density at radius 3 is 1.78 bits per heavy atom. The van der Waals surface area contributed by atoms with Crippen molar-refractivity contribution >= 4 is 0 Å². The van der Waals surface area contributed by atoms with Crippen LogP contribution in [0, 0.1) is 0 Å². The fourth-order valence-electron chi connectivity index (χ4n) is 0.365. The molecule has 0 aromatic heterocycles. The zero-order valence-corrected chi connectivity index (χ0v) is 6.65. The molecule has 0 aromatic rings. The number of halogens is 1. The molecule has 2 nitrogen and oxygen atoms in total. The second kappa shape index (κ2) is 4.70. The first-order valence-electron chi connectivity index (χ1n) is 2.85. The fourth-order valence-corrected chi connectivity index (χ4v) is 0.365. The topological polar surface area (TPSA) is 9.23 Å². The highest BCUT2D eigenvalue weighted by molar-refractivity contribution is 4.22. The van der Waals surface area contributed by atoms with Gasteiger partial charge in [-0.15, -0.1) is 0 Å². The van der Waals surface area contributed by atoms with E-state index in [9.17, 15) is 0 Å². The Morgan fingerprint density at radius 1 is 1.22 bits per heavy atom. The van der Waals surface area contributed by atoms with Crippen LogP contribution >= 0.6 is 0 Å². The van der Waals surface area contributed by atoms with E-state index in [2.05, 4.69) is 21.1 Å². The van der Waals surface area contributed by atoms with Crippen molar-refractivity contribution in [3.63, 3.8) is 0 Å². The molecule has 0 fully saturated rings. The van der Waals surface area contributed by atoms with Crippen LogP contribution in [0.5, 0.6) is 0 Å². The number of ether oxygens (including phenoxy) is 1. The lowest BCUT2D eigenvalue weighted by molar-refractivity contribution is -0.870. The van der Waals surface area contributed by atoms with E-state index in [4.69, 9.17) is 4.74 Å². The SMILES string of the molecule is COCC[N+](C)(C)C.[F-]. The lowest BCUT2D eigenvalue weighted by Gasteiger charge is -2.22. The molecule has 3 heteroatoms. The van der Waals surface area contributed by atoms with Crippen molar-refractivity contribution < 1.29 is 13.9 Å². The molecule has 0 rings (SSSR count). The van der Waals surface area contributed by atoms with Gasteiger partial charge in [0.2, 0.25) is 0 Å². The number of methoxy groups -OCH3 is 1. The third-order valence-corrected chi connectivity index (χ3v) is 0.966. The molecule has 0 amide bonds. The van der Waals surface area contributed by atoms with Crippen LogP contribution in [0.4, 0.5) is 0 Å². The van der Waals surface area contributed by atoms with Gasteiger partial charge in [0.15, 0.2) is 0 Å². The summed E-state index contributed by atoms with van der Waals surface area (Å²) in [7, 11) is 8.19. The van der Waals surface area contributed by atoms with Crippen molar-refractivity contribution in [2.75, 3.05) is 41.4 Å². The highest BCUT2D eigenvalue weighted by Gasteiger charge is 2.03. The molecule has 0 saturated carbocycles. The summed E-state index contributed by atoms with van der Waals surface area (Å²) in [6.45, 7) is 1.93. The molecule has 0 spiro atoms. The maximum Gasteiger partial charge on any atom is 0.102 e. The number of hydrogen-bond acceptors (Lipinski definition) is 1. The molecule has 0 N–H and O–H groups in total. The van der Waals surface area contributed by atoms with E-state index < -0.39 is 0 Å². The monoisotopic (exact) mass is 137 g/mol. The summed E-state index contributed by atoms with van der Waals surface area (Å²) >= 11 is 0. The van der Waals surface area contributed by atoms with E-state index in [1.165, 1.54) is 0 Å². The molecule has 0 saturated heterocycles. The quantitative estimate of drug-likeness (QED) is 0.386. The third kappa shape index (κ3) is 11.4. The van der Waals surface area contributed by atoms with Gasteiger partial charge < -0.3 is 13.9 Å². The molecule has 0 bridgehead atoms. The first-order chi connectivity index (χ1) is 3.56. The summed E-state index contributed by atoms with van der Waals surface area (Å²) in [5.41, 5.74) is 0. The van der Waals surface area contributed by atoms with Crippen LogP contribution in [0.1, 0.15) is 0 Å². The number of likely N-dealkylation sites (N-methyl/N-ethyl adjacent to an activating group) is 1. The van der Waals surface area contributed by atoms with Crippen molar-refractivity contribution in [2.24, 2.45) is 0 Å². The average Bonchev–Trinajstić information content (AvgIpc) is 1.59. The maximum atomic E-state index is 4.90. The van der Waals surface area contributed by atoms with Crippen LogP contribution in [0.25, 0.3) is 0 Å². The Balaban J connectivity index is 0. The van der Waals surface area contributed by atoms with Crippen molar-refractivity contribution in [1.29, 1.82) is 0 Å². The van der Waals surface area contributed by atoms with E-state index in [1.54, 1.807) is 7.11 Å². The van der Waals surface area contributed by atoms with Crippen molar-refractivity contribution in [3.05, 3.63) is 0 Å². The lowest BCUT2D eigenvalue weighted by atomic mass is 10.5. The minimum Gasteiger partial charge on any atom is -1.00 e. The number of quaternary nitrogens is 1. The number of rotatable bonds is 3. The highest BCUT2D eigenvalue weighted by Crippen LogP contribution is 1.87. The Morgan fingerprint density at radius 2 is 1.67 bits per heavy atom. The van der Waals surface area contributed by atoms with Crippen LogP contribution in [0.15, 0.2) is 0 Å². The summed E-state index contributed by atoms with van der Waals surface area (Å²) in [6, 6.07) is 0. The zero-order chi connectivity index (χ0) is 6.62. The predicted molar refractivity (Wildman–Crippen MR) is 34.8 cm³/mol. The summed E-state index contributed by atoms with van der Waals surface area (Å²) in [5, 5.41) is 0. The standard InChI is InChI=1S/C6H16NO.FH/c1-7(2,3)5-6-8-4;/h5-6H2,1-4H3;1H/q+1;/p-1. The minimum absolute atomic E-state index is 0. The molecule has 0 aliphatic heterocycles. The van der Waals surface area contributed by atoms with Gasteiger partial charge in [-0.2, -0.15) is 0 Å². The van der Waals surface area contributed by atoms with Gasteiger partial charge in [-0.05, 0) is 0 Å². The largest absolute Gasteiger partial charge is 1.00 e. The molecule has 0 aliphatic carbocycles. The normalized spacial score (nSPS) is 10.7. The first-order valence-corrected chi connectivity index (χ1v) is 2.85. The Labute approximate surface area is 56.4 Å². The average molecular weight is 137 g/mol. The second-order valence-electron chi connectivity index (χ2n) is 3.01. The Hall–Kier alpha value is -0.150. The molecular formula is C6H16FNO. The van der Waals surface area contributed by atoms with Crippen LogP contribution in [-0.4, -0.2) is 45.9 Å². The molecule has 0 heterocycles. The van der Waals surface area contributed by atoms with Gasteiger partial charge in [-0.3, -0.25) is 0 Å². The Kier molecular flexibility index (Phi) is 6.07. The van der Waals surface area contributed by atoms with Crippen molar-refractivity contribution in [2.45, 2.75) is 0 Å². The van der Waals surface area contributed by atoms with E-state index in [0.29, 0.717) is 0 Å². The van der Waals surface area contributed by atoms with Crippen molar-refractivity contribution in [3.8, 4) is 0 Å². The van der Waals surface area contributed by atoms with Gasteiger partial charge in [0.25, 0.3) is 0 Å². The third-order valence-electron chi connectivity index (χ3n) is 0.966. The van der Waals surface area contributed by atoms with E-state index in [-0.39, 0.29) is 4.70 Å². The summed E-state index contributed by atoms with van der Waals surface area (Å²) in [4.78, 5) is 0. The highest BCUT2D eigenvalue weighted by atomic mass is 19.0.